The molecule has 0 unspecified atom stereocenters. The van der Waals surface area contributed by atoms with Crippen molar-refractivity contribution >= 4 is 11.6 Å². The van der Waals surface area contributed by atoms with Crippen LogP contribution in [-0.2, 0) is 12.5 Å². The van der Waals surface area contributed by atoms with Crippen LogP contribution in [0.25, 0.3) is 5.69 Å². The van der Waals surface area contributed by atoms with Gasteiger partial charge in [-0.05, 0) is 25.1 Å². The number of aromatic nitrogens is 3. The third-order valence-corrected chi connectivity index (χ3v) is 4.33. The Morgan fingerprint density at radius 2 is 1.78 bits per heavy atom. The Balaban J connectivity index is 1.99. The summed E-state index contributed by atoms with van der Waals surface area (Å²) in [5, 5.41) is 7.47. The average Bonchev–Trinajstić information content (AvgIpc) is 3.05. The van der Waals surface area contributed by atoms with Gasteiger partial charge in [0.15, 0.2) is 0 Å². The van der Waals surface area contributed by atoms with E-state index >= 15 is 0 Å². The van der Waals surface area contributed by atoms with Gasteiger partial charge in [-0.15, -0.1) is 0 Å². The van der Waals surface area contributed by atoms with Crippen LogP contribution in [0.1, 0.15) is 42.4 Å². The van der Waals surface area contributed by atoms with Gasteiger partial charge in [0.05, 0.1) is 16.9 Å². The molecule has 0 aliphatic heterocycles. The Hall–Kier alpha value is -3.15. The SMILES string of the molecule is Cc1ccc(-n2cc(C(=O)Nc3ccn(C)c(=O)c3)c(C(C)(C)C)n2)cc1. The van der Waals surface area contributed by atoms with Crippen LogP contribution in [0.15, 0.2) is 53.6 Å². The van der Waals surface area contributed by atoms with Crippen molar-refractivity contribution < 1.29 is 4.79 Å². The standard InChI is InChI=1S/C21H24N4O2/c1-14-6-8-16(9-7-14)25-13-17(19(23-25)21(2,3)4)20(27)22-15-10-11-24(5)18(26)12-15/h6-13H,1-5H3,(H,22,27). The minimum atomic E-state index is -0.310. The normalized spacial score (nSPS) is 11.4. The number of pyridine rings is 1. The number of anilines is 1. The highest BCUT2D eigenvalue weighted by atomic mass is 16.2. The van der Waals surface area contributed by atoms with E-state index < -0.39 is 0 Å². The fourth-order valence-corrected chi connectivity index (χ4v) is 2.75. The fourth-order valence-electron chi connectivity index (χ4n) is 2.75. The second-order valence-electron chi connectivity index (χ2n) is 7.74. The molecule has 6 heteroatoms. The molecule has 0 fully saturated rings. The smallest absolute Gasteiger partial charge is 0.259 e. The number of hydrogen-bond acceptors (Lipinski definition) is 3. The third-order valence-electron chi connectivity index (χ3n) is 4.33. The Kier molecular flexibility index (Phi) is 4.74. The summed E-state index contributed by atoms with van der Waals surface area (Å²) in [6.07, 6.45) is 3.36. The molecule has 0 radical (unpaired) electrons. The molecule has 0 aliphatic rings. The van der Waals surface area contributed by atoms with Gasteiger partial charge in [-0.3, -0.25) is 9.59 Å². The second kappa shape index (κ2) is 6.87. The van der Waals surface area contributed by atoms with Crippen LogP contribution in [0.5, 0.6) is 0 Å². The van der Waals surface area contributed by atoms with E-state index in [1.54, 1.807) is 30.2 Å². The van der Waals surface area contributed by atoms with Crippen LogP contribution in [0, 0.1) is 6.92 Å². The summed E-state index contributed by atoms with van der Waals surface area (Å²) < 4.78 is 3.17. The first-order chi connectivity index (χ1) is 12.6. The first-order valence-corrected chi connectivity index (χ1v) is 8.80. The van der Waals surface area contributed by atoms with Crippen LogP contribution in [0.2, 0.25) is 0 Å². The minimum absolute atomic E-state index is 0.181. The van der Waals surface area contributed by atoms with Gasteiger partial charge in [-0.2, -0.15) is 5.10 Å². The minimum Gasteiger partial charge on any atom is -0.322 e. The van der Waals surface area contributed by atoms with Crippen molar-refractivity contribution in [1.82, 2.24) is 14.3 Å². The summed E-state index contributed by atoms with van der Waals surface area (Å²) in [6, 6.07) is 11.1. The zero-order valence-electron chi connectivity index (χ0n) is 16.3. The number of amides is 1. The van der Waals surface area contributed by atoms with E-state index in [2.05, 4.69) is 10.4 Å². The number of nitrogens with one attached hydrogen (secondary N) is 1. The summed E-state index contributed by atoms with van der Waals surface area (Å²) >= 11 is 0. The molecule has 0 aliphatic carbocycles. The summed E-state index contributed by atoms with van der Waals surface area (Å²) in [6.45, 7) is 8.08. The summed E-state index contributed by atoms with van der Waals surface area (Å²) in [4.78, 5) is 24.7. The monoisotopic (exact) mass is 364 g/mol. The predicted molar refractivity (Wildman–Crippen MR) is 107 cm³/mol. The van der Waals surface area contributed by atoms with Crippen molar-refractivity contribution in [2.75, 3.05) is 5.32 Å². The van der Waals surface area contributed by atoms with E-state index in [4.69, 9.17) is 0 Å². The molecule has 0 saturated heterocycles. The van der Waals surface area contributed by atoms with Crippen molar-refractivity contribution in [2.24, 2.45) is 7.05 Å². The average molecular weight is 364 g/mol. The Morgan fingerprint density at radius 3 is 2.37 bits per heavy atom. The quantitative estimate of drug-likeness (QED) is 0.774. The Labute approximate surface area is 158 Å². The largest absolute Gasteiger partial charge is 0.322 e. The van der Waals surface area contributed by atoms with E-state index in [9.17, 15) is 9.59 Å². The fraction of sp³-hybridized carbons (Fsp3) is 0.286. The maximum absolute atomic E-state index is 12.9. The lowest BCUT2D eigenvalue weighted by molar-refractivity contribution is 0.102. The number of carbonyl (C=O) groups excluding carboxylic acids is 1. The van der Waals surface area contributed by atoms with Gasteiger partial charge in [-0.25, -0.2) is 4.68 Å². The molecule has 1 aromatic carbocycles. The first kappa shape index (κ1) is 18.6. The molecule has 0 bridgehead atoms. The molecule has 2 aromatic heterocycles. The highest BCUT2D eigenvalue weighted by molar-refractivity contribution is 6.05. The van der Waals surface area contributed by atoms with Crippen molar-refractivity contribution in [3.05, 3.63) is 76.0 Å². The van der Waals surface area contributed by atoms with E-state index in [1.807, 2.05) is 52.0 Å². The van der Waals surface area contributed by atoms with Crippen LogP contribution in [0.3, 0.4) is 0 Å². The van der Waals surface area contributed by atoms with Gasteiger partial charge in [0.25, 0.3) is 11.5 Å². The lowest BCUT2D eigenvalue weighted by Gasteiger charge is -2.17. The van der Waals surface area contributed by atoms with Crippen molar-refractivity contribution in [1.29, 1.82) is 0 Å². The zero-order chi connectivity index (χ0) is 19.8. The van der Waals surface area contributed by atoms with Gasteiger partial charge in [0, 0.05) is 36.6 Å². The molecule has 0 spiro atoms. The van der Waals surface area contributed by atoms with Crippen molar-refractivity contribution in [3.8, 4) is 5.69 Å². The molecule has 3 rings (SSSR count). The van der Waals surface area contributed by atoms with Crippen LogP contribution in [-0.4, -0.2) is 20.3 Å². The third kappa shape index (κ3) is 4.00. The van der Waals surface area contributed by atoms with Crippen LogP contribution >= 0.6 is 0 Å². The van der Waals surface area contributed by atoms with Crippen molar-refractivity contribution in [2.45, 2.75) is 33.1 Å². The topological polar surface area (TPSA) is 68.9 Å². The van der Waals surface area contributed by atoms with Gasteiger partial charge < -0.3 is 9.88 Å². The molecule has 1 amide bonds. The van der Waals surface area contributed by atoms with Crippen LogP contribution < -0.4 is 10.9 Å². The highest BCUT2D eigenvalue weighted by Gasteiger charge is 2.26. The molecule has 0 saturated carbocycles. The molecule has 2 heterocycles. The number of hydrogen-bond donors (Lipinski definition) is 1. The number of rotatable bonds is 3. The summed E-state index contributed by atoms with van der Waals surface area (Å²) in [7, 11) is 1.66. The number of nitrogens with zero attached hydrogens (tertiary/aromatic N) is 3. The lowest BCUT2D eigenvalue weighted by atomic mass is 9.89. The molecule has 27 heavy (non-hydrogen) atoms. The second-order valence-corrected chi connectivity index (χ2v) is 7.74. The molecule has 1 N–H and O–H groups in total. The van der Waals surface area contributed by atoms with Gasteiger partial charge >= 0.3 is 0 Å². The van der Waals surface area contributed by atoms with E-state index in [-0.39, 0.29) is 16.9 Å². The van der Waals surface area contributed by atoms with E-state index in [1.165, 1.54) is 10.6 Å². The Bertz CT molecular complexity index is 1040. The zero-order valence-corrected chi connectivity index (χ0v) is 16.3. The molecule has 140 valence electrons. The molecule has 3 aromatic rings. The van der Waals surface area contributed by atoms with Crippen LogP contribution in [0.4, 0.5) is 5.69 Å². The van der Waals surface area contributed by atoms with Gasteiger partial charge in [0.1, 0.15) is 0 Å². The molecule has 6 nitrogen and oxygen atoms in total. The maximum Gasteiger partial charge on any atom is 0.259 e. The van der Waals surface area contributed by atoms with E-state index in [0.29, 0.717) is 16.9 Å². The van der Waals surface area contributed by atoms with E-state index in [0.717, 1.165) is 11.3 Å². The molecular weight excluding hydrogens is 340 g/mol. The molecular formula is C21H24N4O2. The lowest BCUT2D eigenvalue weighted by Crippen LogP contribution is -2.21. The number of aryl methyl sites for hydroxylation is 2. The van der Waals surface area contributed by atoms with Gasteiger partial charge in [0.2, 0.25) is 0 Å². The number of benzene rings is 1. The van der Waals surface area contributed by atoms with Gasteiger partial charge in [-0.1, -0.05) is 38.5 Å². The summed E-state index contributed by atoms with van der Waals surface area (Å²) in [5.41, 5.74) is 3.21. The maximum atomic E-state index is 12.9. The predicted octanol–water partition coefficient (Wildman–Crippen LogP) is 3.43. The Morgan fingerprint density at radius 1 is 1.11 bits per heavy atom. The first-order valence-electron chi connectivity index (χ1n) is 8.80. The van der Waals surface area contributed by atoms with Crippen molar-refractivity contribution in [3.63, 3.8) is 0 Å². The summed E-state index contributed by atoms with van der Waals surface area (Å²) in [5.74, 6) is -0.286. The molecule has 0 atom stereocenters. The number of carbonyl (C=O) groups is 1. The highest BCUT2D eigenvalue weighted by Crippen LogP contribution is 2.26.